The first kappa shape index (κ1) is 17.2. The van der Waals surface area contributed by atoms with Gasteiger partial charge in [-0.05, 0) is 25.7 Å². The Morgan fingerprint density at radius 1 is 1.43 bits per heavy atom. The summed E-state index contributed by atoms with van der Waals surface area (Å²) in [5, 5.41) is 9.87. The third kappa shape index (κ3) is 5.22. The molecule has 0 spiro atoms. The van der Waals surface area contributed by atoms with Crippen molar-refractivity contribution >= 4 is 11.9 Å². The highest BCUT2D eigenvalue weighted by atomic mass is 16.5. The predicted octanol–water partition coefficient (Wildman–Crippen LogP) is 0.692. The summed E-state index contributed by atoms with van der Waals surface area (Å²) in [6, 6.07) is 0. The molecule has 8 nitrogen and oxygen atoms in total. The minimum Gasteiger partial charge on any atom is -0.359 e. The Balaban J connectivity index is 1.90. The number of aromatic nitrogens is 2. The lowest BCUT2D eigenvalue weighted by molar-refractivity contribution is -0.121. The minimum absolute atomic E-state index is 0.122. The van der Waals surface area contributed by atoms with Gasteiger partial charge in [0.1, 0.15) is 6.54 Å². The van der Waals surface area contributed by atoms with Crippen LogP contribution in [0.25, 0.3) is 0 Å². The Morgan fingerprint density at radius 3 is 2.74 bits per heavy atom. The molecule has 1 fully saturated rings. The molecule has 1 aromatic heterocycles. The van der Waals surface area contributed by atoms with E-state index < -0.39 is 0 Å². The lowest BCUT2D eigenvalue weighted by Crippen LogP contribution is -2.46. The summed E-state index contributed by atoms with van der Waals surface area (Å²) in [4.78, 5) is 22.5. The Bertz CT molecular complexity index is 534. The molecule has 1 aliphatic heterocycles. The Morgan fingerprint density at radius 2 is 2.17 bits per heavy atom. The molecule has 0 aromatic carbocycles. The van der Waals surface area contributed by atoms with Crippen LogP contribution in [-0.2, 0) is 11.3 Å². The smallest absolute Gasteiger partial charge is 0.223 e. The molecule has 0 radical (unpaired) electrons. The van der Waals surface area contributed by atoms with Crippen molar-refractivity contribution in [3.63, 3.8) is 0 Å². The lowest BCUT2D eigenvalue weighted by atomic mass is 9.93. The first-order valence-corrected chi connectivity index (χ1v) is 8.15. The molecular weight excluding hydrogens is 296 g/mol. The van der Waals surface area contributed by atoms with Crippen LogP contribution in [0.3, 0.4) is 0 Å². The molecule has 0 unspecified atom stereocenters. The van der Waals surface area contributed by atoms with Crippen molar-refractivity contribution in [2.75, 3.05) is 26.7 Å². The van der Waals surface area contributed by atoms with E-state index >= 15 is 0 Å². The van der Waals surface area contributed by atoms with E-state index in [2.05, 4.69) is 30.7 Å². The molecule has 1 aliphatic rings. The van der Waals surface area contributed by atoms with E-state index in [1.165, 1.54) is 0 Å². The van der Waals surface area contributed by atoms with Gasteiger partial charge in [-0.1, -0.05) is 5.16 Å². The third-order valence-corrected chi connectivity index (χ3v) is 3.94. The SMILES string of the molecule is CCNC(=NCc1noc(C)n1)N1CCC(CC(=O)NC)CC1. The van der Waals surface area contributed by atoms with Crippen molar-refractivity contribution < 1.29 is 9.32 Å². The fourth-order valence-corrected chi connectivity index (χ4v) is 2.69. The Labute approximate surface area is 136 Å². The van der Waals surface area contributed by atoms with Gasteiger partial charge in [0, 0.05) is 40.0 Å². The average Bonchev–Trinajstić information content (AvgIpc) is 2.97. The van der Waals surface area contributed by atoms with Crippen molar-refractivity contribution in [1.82, 2.24) is 25.7 Å². The molecule has 2 rings (SSSR count). The van der Waals surface area contributed by atoms with Crippen LogP contribution in [0.5, 0.6) is 0 Å². The van der Waals surface area contributed by atoms with Gasteiger partial charge in [0.2, 0.25) is 11.8 Å². The molecule has 2 N–H and O–H groups in total. The van der Waals surface area contributed by atoms with E-state index in [1.54, 1.807) is 14.0 Å². The second-order valence-electron chi connectivity index (χ2n) is 5.71. The van der Waals surface area contributed by atoms with Crippen LogP contribution >= 0.6 is 0 Å². The molecule has 1 aromatic rings. The first-order valence-electron chi connectivity index (χ1n) is 8.15. The van der Waals surface area contributed by atoms with Crippen LogP contribution < -0.4 is 10.6 Å². The van der Waals surface area contributed by atoms with E-state index in [0.717, 1.165) is 38.4 Å². The number of carbonyl (C=O) groups is 1. The monoisotopic (exact) mass is 322 g/mol. The molecule has 0 bridgehead atoms. The summed E-state index contributed by atoms with van der Waals surface area (Å²) in [5.41, 5.74) is 0. The van der Waals surface area contributed by atoms with Crippen molar-refractivity contribution in [3.05, 3.63) is 11.7 Å². The van der Waals surface area contributed by atoms with Gasteiger partial charge in [-0.15, -0.1) is 0 Å². The molecule has 0 aliphatic carbocycles. The van der Waals surface area contributed by atoms with Gasteiger partial charge in [-0.3, -0.25) is 4.79 Å². The number of hydrogen-bond donors (Lipinski definition) is 2. The van der Waals surface area contributed by atoms with Gasteiger partial charge in [-0.2, -0.15) is 4.98 Å². The van der Waals surface area contributed by atoms with Crippen LogP contribution in [0.4, 0.5) is 0 Å². The molecule has 0 atom stereocenters. The number of rotatable bonds is 5. The number of nitrogens with zero attached hydrogens (tertiary/aromatic N) is 4. The van der Waals surface area contributed by atoms with E-state index in [1.807, 2.05) is 6.92 Å². The zero-order valence-corrected chi connectivity index (χ0v) is 14.1. The van der Waals surface area contributed by atoms with Crippen molar-refractivity contribution in [3.8, 4) is 0 Å². The molecule has 8 heteroatoms. The van der Waals surface area contributed by atoms with Crippen LogP contribution in [0.15, 0.2) is 9.52 Å². The van der Waals surface area contributed by atoms with E-state index in [-0.39, 0.29) is 5.91 Å². The zero-order valence-electron chi connectivity index (χ0n) is 14.1. The summed E-state index contributed by atoms with van der Waals surface area (Å²) in [5.74, 6) is 2.58. The van der Waals surface area contributed by atoms with Crippen LogP contribution in [0.1, 0.15) is 37.9 Å². The van der Waals surface area contributed by atoms with Crippen molar-refractivity contribution in [2.24, 2.45) is 10.9 Å². The largest absolute Gasteiger partial charge is 0.359 e. The standard InChI is InChI=1S/C15H26N6O2/c1-4-17-15(18-10-13-19-11(2)23-20-13)21-7-5-12(6-8-21)9-14(22)16-3/h12H,4-10H2,1-3H3,(H,16,22)(H,17,18). The van der Waals surface area contributed by atoms with Crippen LogP contribution in [0, 0.1) is 12.8 Å². The maximum Gasteiger partial charge on any atom is 0.223 e. The molecular formula is C15H26N6O2. The first-order chi connectivity index (χ1) is 11.1. The van der Waals surface area contributed by atoms with Gasteiger partial charge < -0.3 is 20.1 Å². The molecule has 128 valence electrons. The predicted molar refractivity (Wildman–Crippen MR) is 86.8 cm³/mol. The second-order valence-corrected chi connectivity index (χ2v) is 5.71. The van der Waals surface area contributed by atoms with Gasteiger partial charge in [-0.25, -0.2) is 4.99 Å². The summed E-state index contributed by atoms with van der Waals surface area (Å²) in [7, 11) is 1.69. The fourth-order valence-electron chi connectivity index (χ4n) is 2.69. The fraction of sp³-hybridized carbons (Fsp3) is 0.733. The number of aliphatic imine (C=N–C) groups is 1. The Kier molecular flexibility index (Phi) is 6.37. The Hall–Kier alpha value is -2.12. The van der Waals surface area contributed by atoms with E-state index in [4.69, 9.17) is 4.52 Å². The summed E-state index contributed by atoms with van der Waals surface area (Å²) in [6.07, 6.45) is 2.61. The van der Waals surface area contributed by atoms with Crippen LogP contribution in [-0.4, -0.2) is 53.6 Å². The number of aryl methyl sites for hydroxylation is 1. The van der Waals surface area contributed by atoms with E-state index in [0.29, 0.717) is 30.6 Å². The highest BCUT2D eigenvalue weighted by Gasteiger charge is 2.23. The molecule has 2 heterocycles. The highest BCUT2D eigenvalue weighted by Crippen LogP contribution is 2.20. The normalized spacial score (nSPS) is 16.5. The maximum absolute atomic E-state index is 11.5. The summed E-state index contributed by atoms with van der Waals surface area (Å²) in [6.45, 7) is 6.83. The highest BCUT2D eigenvalue weighted by molar-refractivity contribution is 5.80. The average molecular weight is 322 g/mol. The van der Waals surface area contributed by atoms with Gasteiger partial charge >= 0.3 is 0 Å². The summed E-state index contributed by atoms with van der Waals surface area (Å²) >= 11 is 0. The quantitative estimate of drug-likeness (QED) is 0.612. The third-order valence-electron chi connectivity index (χ3n) is 3.94. The van der Waals surface area contributed by atoms with E-state index in [9.17, 15) is 4.79 Å². The number of amides is 1. The van der Waals surface area contributed by atoms with Gasteiger partial charge in [0.05, 0.1) is 0 Å². The molecule has 0 saturated carbocycles. The molecule has 23 heavy (non-hydrogen) atoms. The number of likely N-dealkylation sites (tertiary alicyclic amines) is 1. The van der Waals surface area contributed by atoms with Gasteiger partial charge in [0.25, 0.3) is 0 Å². The summed E-state index contributed by atoms with van der Waals surface area (Å²) < 4.78 is 4.96. The minimum atomic E-state index is 0.122. The zero-order chi connectivity index (χ0) is 16.7. The number of carbonyl (C=O) groups excluding carboxylic acids is 1. The number of guanidine groups is 1. The maximum atomic E-state index is 11.5. The van der Waals surface area contributed by atoms with Crippen molar-refractivity contribution in [1.29, 1.82) is 0 Å². The number of nitrogens with one attached hydrogen (secondary N) is 2. The lowest BCUT2D eigenvalue weighted by Gasteiger charge is -2.34. The molecule has 1 amide bonds. The molecule has 1 saturated heterocycles. The van der Waals surface area contributed by atoms with Crippen LogP contribution in [0.2, 0.25) is 0 Å². The van der Waals surface area contributed by atoms with Crippen molar-refractivity contribution in [2.45, 2.75) is 39.7 Å². The second kappa shape index (κ2) is 8.50. The topological polar surface area (TPSA) is 95.7 Å². The number of piperidine rings is 1. The van der Waals surface area contributed by atoms with Gasteiger partial charge in [0.15, 0.2) is 11.8 Å². The number of hydrogen-bond acceptors (Lipinski definition) is 5.